The minimum Gasteiger partial charge on any atom is -0.342 e. The molecule has 7 heteroatoms. The Kier molecular flexibility index (Phi) is 5.92. The molecule has 1 aliphatic carbocycles. The number of hydrogen-bond acceptors (Lipinski definition) is 5. The number of nitrogens with zero attached hydrogens (tertiary/aromatic N) is 3. The van der Waals surface area contributed by atoms with Crippen molar-refractivity contribution in [2.24, 2.45) is 5.92 Å². The molecular weight excluding hydrogens is 393 g/mol. The largest absolute Gasteiger partial charge is 0.342 e. The van der Waals surface area contributed by atoms with Crippen molar-refractivity contribution in [2.75, 3.05) is 18.8 Å². The number of thiophene rings is 1. The Labute approximate surface area is 172 Å². The van der Waals surface area contributed by atoms with E-state index < -0.39 is 0 Å². The maximum atomic E-state index is 13.2. The summed E-state index contributed by atoms with van der Waals surface area (Å²) in [4.78, 5) is 24.5. The molecule has 1 aliphatic rings. The van der Waals surface area contributed by atoms with Crippen LogP contribution in [0, 0.1) is 11.7 Å². The molecule has 1 aromatic carbocycles. The van der Waals surface area contributed by atoms with Gasteiger partial charge in [0.2, 0.25) is 5.91 Å². The molecule has 0 aliphatic heterocycles. The highest BCUT2D eigenvalue weighted by molar-refractivity contribution is 8.00. The van der Waals surface area contributed by atoms with E-state index in [2.05, 4.69) is 16.9 Å². The smallest absolute Gasteiger partial charge is 0.232 e. The van der Waals surface area contributed by atoms with Gasteiger partial charge in [0, 0.05) is 18.0 Å². The summed E-state index contributed by atoms with van der Waals surface area (Å²) in [6.07, 6.45) is 5.01. The standard InChI is InChI=1S/C21H22FN3OS2/c1-2-9-25(11-14-3-4-14)19(26)12-27-21-20-17(23-13-24-21)10-18(28-20)15-5-7-16(22)8-6-15/h5-8,10,13-14H,2-4,9,11-12H2,1H3. The third-order valence-corrected chi connectivity index (χ3v) is 7.04. The van der Waals surface area contributed by atoms with Crippen LogP contribution in [0.4, 0.5) is 4.39 Å². The van der Waals surface area contributed by atoms with E-state index in [1.54, 1.807) is 29.8 Å². The van der Waals surface area contributed by atoms with E-state index in [1.807, 2.05) is 11.0 Å². The van der Waals surface area contributed by atoms with E-state index in [0.29, 0.717) is 11.7 Å². The summed E-state index contributed by atoms with van der Waals surface area (Å²) in [5.74, 6) is 1.02. The van der Waals surface area contributed by atoms with Gasteiger partial charge < -0.3 is 4.90 Å². The molecule has 0 atom stereocenters. The summed E-state index contributed by atoms with van der Waals surface area (Å²) in [5.41, 5.74) is 1.81. The Morgan fingerprint density at radius 2 is 2.07 bits per heavy atom. The van der Waals surface area contributed by atoms with Crippen LogP contribution in [-0.2, 0) is 4.79 Å². The molecule has 28 heavy (non-hydrogen) atoms. The molecule has 0 bridgehead atoms. The van der Waals surface area contributed by atoms with E-state index in [1.165, 1.54) is 36.7 Å². The van der Waals surface area contributed by atoms with Crippen LogP contribution in [0.1, 0.15) is 26.2 Å². The zero-order chi connectivity index (χ0) is 19.5. The predicted molar refractivity (Wildman–Crippen MR) is 113 cm³/mol. The van der Waals surface area contributed by atoms with Crippen LogP contribution in [0.15, 0.2) is 41.7 Å². The average molecular weight is 416 g/mol. The summed E-state index contributed by atoms with van der Waals surface area (Å²) in [6, 6.07) is 8.45. The lowest BCUT2D eigenvalue weighted by molar-refractivity contribution is -0.128. The molecule has 4 nitrogen and oxygen atoms in total. The molecule has 2 aromatic heterocycles. The number of halogens is 1. The SMILES string of the molecule is CCCN(CC1CC1)C(=O)CSc1ncnc2cc(-c3ccc(F)cc3)sc12. The van der Waals surface area contributed by atoms with Gasteiger partial charge in [0.25, 0.3) is 0 Å². The van der Waals surface area contributed by atoms with Crippen molar-refractivity contribution in [1.82, 2.24) is 14.9 Å². The quantitative estimate of drug-likeness (QED) is 0.373. The Morgan fingerprint density at radius 3 is 2.79 bits per heavy atom. The second-order valence-corrected chi connectivity index (χ2v) is 9.10. The van der Waals surface area contributed by atoms with Crippen LogP contribution in [-0.4, -0.2) is 39.6 Å². The fourth-order valence-electron chi connectivity index (χ4n) is 3.11. The number of fused-ring (bicyclic) bond motifs is 1. The van der Waals surface area contributed by atoms with Crippen LogP contribution >= 0.6 is 23.1 Å². The highest BCUT2D eigenvalue weighted by atomic mass is 32.2. The van der Waals surface area contributed by atoms with Crippen molar-refractivity contribution in [3.05, 3.63) is 42.5 Å². The summed E-state index contributed by atoms with van der Waals surface area (Å²) in [6.45, 7) is 3.82. The molecule has 1 amide bonds. The monoisotopic (exact) mass is 415 g/mol. The van der Waals surface area contributed by atoms with Crippen molar-refractivity contribution in [3.63, 3.8) is 0 Å². The Hall–Kier alpha value is -1.99. The number of benzene rings is 1. The fourth-order valence-corrected chi connectivity index (χ4v) is 5.22. The topological polar surface area (TPSA) is 46.1 Å². The number of carbonyl (C=O) groups excluding carboxylic acids is 1. The molecule has 1 saturated carbocycles. The summed E-state index contributed by atoms with van der Waals surface area (Å²) >= 11 is 3.06. The molecule has 146 valence electrons. The number of aromatic nitrogens is 2. The first-order valence-corrected chi connectivity index (χ1v) is 11.4. The van der Waals surface area contributed by atoms with Crippen LogP contribution in [0.5, 0.6) is 0 Å². The molecule has 0 radical (unpaired) electrons. The normalized spacial score (nSPS) is 13.8. The van der Waals surface area contributed by atoms with E-state index in [4.69, 9.17) is 0 Å². The first kappa shape index (κ1) is 19.3. The van der Waals surface area contributed by atoms with Crippen molar-refractivity contribution < 1.29 is 9.18 Å². The van der Waals surface area contributed by atoms with Crippen LogP contribution in [0.2, 0.25) is 0 Å². The fraction of sp³-hybridized carbons (Fsp3) is 0.381. The summed E-state index contributed by atoms with van der Waals surface area (Å²) in [7, 11) is 0. The minimum absolute atomic E-state index is 0.181. The first-order valence-electron chi connectivity index (χ1n) is 9.55. The second-order valence-electron chi connectivity index (χ2n) is 7.08. The van der Waals surface area contributed by atoms with Crippen molar-refractivity contribution in [3.8, 4) is 10.4 Å². The molecule has 3 aromatic rings. The molecule has 0 spiro atoms. The van der Waals surface area contributed by atoms with Gasteiger partial charge in [0.05, 0.1) is 16.0 Å². The zero-order valence-electron chi connectivity index (χ0n) is 15.7. The number of rotatable bonds is 8. The van der Waals surface area contributed by atoms with E-state index in [-0.39, 0.29) is 11.7 Å². The lowest BCUT2D eigenvalue weighted by atomic mass is 10.2. The molecule has 0 saturated heterocycles. The Morgan fingerprint density at radius 1 is 1.29 bits per heavy atom. The number of thioether (sulfide) groups is 1. The molecular formula is C21H22FN3OS2. The number of amides is 1. The van der Waals surface area contributed by atoms with Crippen molar-refractivity contribution in [2.45, 2.75) is 31.2 Å². The van der Waals surface area contributed by atoms with Crippen LogP contribution < -0.4 is 0 Å². The van der Waals surface area contributed by atoms with Crippen LogP contribution in [0.3, 0.4) is 0 Å². The molecule has 4 rings (SSSR count). The minimum atomic E-state index is -0.248. The molecule has 2 heterocycles. The van der Waals surface area contributed by atoms with E-state index >= 15 is 0 Å². The Bertz CT molecular complexity index is 969. The second kappa shape index (κ2) is 8.57. The van der Waals surface area contributed by atoms with E-state index in [0.717, 1.165) is 45.2 Å². The van der Waals surface area contributed by atoms with Crippen molar-refractivity contribution in [1.29, 1.82) is 0 Å². The van der Waals surface area contributed by atoms with Gasteiger partial charge in [-0.2, -0.15) is 0 Å². The first-order chi connectivity index (χ1) is 13.6. The molecule has 0 N–H and O–H groups in total. The highest BCUT2D eigenvalue weighted by Gasteiger charge is 2.26. The number of hydrogen-bond donors (Lipinski definition) is 0. The highest BCUT2D eigenvalue weighted by Crippen LogP contribution is 2.37. The van der Waals surface area contributed by atoms with Crippen LogP contribution in [0.25, 0.3) is 20.7 Å². The van der Waals surface area contributed by atoms with Crippen molar-refractivity contribution >= 4 is 39.2 Å². The maximum Gasteiger partial charge on any atom is 0.232 e. The van der Waals surface area contributed by atoms with Gasteiger partial charge in [0.1, 0.15) is 17.2 Å². The van der Waals surface area contributed by atoms with Gasteiger partial charge in [-0.1, -0.05) is 30.8 Å². The molecule has 0 unspecified atom stereocenters. The van der Waals surface area contributed by atoms with Gasteiger partial charge in [0.15, 0.2) is 0 Å². The number of carbonyl (C=O) groups is 1. The van der Waals surface area contributed by atoms with Gasteiger partial charge in [-0.25, -0.2) is 14.4 Å². The summed E-state index contributed by atoms with van der Waals surface area (Å²) in [5, 5.41) is 0.833. The molecule has 1 fully saturated rings. The van der Waals surface area contributed by atoms with E-state index in [9.17, 15) is 9.18 Å². The lowest BCUT2D eigenvalue weighted by Crippen LogP contribution is -2.34. The van der Waals surface area contributed by atoms with Gasteiger partial charge in [-0.05, 0) is 48.9 Å². The zero-order valence-corrected chi connectivity index (χ0v) is 17.4. The third kappa shape index (κ3) is 4.52. The van der Waals surface area contributed by atoms with Gasteiger partial charge in [-0.3, -0.25) is 4.79 Å². The van der Waals surface area contributed by atoms with Gasteiger partial charge >= 0.3 is 0 Å². The predicted octanol–water partition coefficient (Wildman–Crippen LogP) is 5.24. The Balaban J connectivity index is 1.50. The summed E-state index contributed by atoms with van der Waals surface area (Å²) < 4.78 is 14.2. The average Bonchev–Trinajstić information content (AvgIpc) is 3.41. The maximum absolute atomic E-state index is 13.2. The lowest BCUT2D eigenvalue weighted by Gasteiger charge is -2.21. The third-order valence-electron chi connectivity index (χ3n) is 4.76. The van der Waals surface area contributed by atoms with Gasteiger partial charge in [-0.15, -0.1) is 11.3 Å².